The van der Waals surface area contributed by atoms with Crippen molar-refractivity contribution in [3.05, 3.63) is 0 Å². The van der Waals surface area contributed by atoms with E-state index < -0.39 is 0 Å². The lowest BCUT2D eigenvalue weighted by molar-refractivity contribution is -0.137. The van der Waals surface area contributed by atoms with E-state index in [-0.39, 0.29) is 30.4 Å². The van der Waals surface area contributed by atoms with Crippen molar-refractivity contribution in [2.75, 3.05) is 59.4 Å². The summed E-state index contributed by atoms with van der Waals surface area (Å²) in [4.78, 5) is 43.3. The number of nitrogens with one attached hydrogen (secondary N) is 1. The van der Waals surface area contributed by atoms with E-state index in [0.29, 0.717) is 6.54 Å². The van der Waals surface area contributed by atoms with Crippen molar-refractivity contribution < 1.29 is 14.4 Å². The van der Waals surface area contributed by atoms with Crippen LogP contribution in [0.2, 0.25) is 0 Å². The van der Waals surface area contributed by atoms with Gasteiger partial charge in [0.1, 0.15) is 0 Å². The van der Waals surface area contributed by atoms with Crippen LogP contribution in [0.1, 0.15) is 19.3 Å². The average Bonchev–Trinajstić information content (AvgIpc) is 3.15. The average molecular weight is 337 g/mol. The van der Waals surface area contributed by atoms with Gasteiger partial charge in [-0.3, -0.25) is 24.3 Å². The van der Waals surface area contributed by atoms with E-state index in [0.717, 1.165) is 58.5 Å². The minimum Gasteiger partial charge on any atom is -0.339 e. The number of hydrogen-bond donors (Lipinski definition) is 1. The van der Waals surface area contributed by atoms with Crippen LogP contribution < -0.4 is 5.32 Å². The lowest BCUT2D eigenvalue weighted by Gasteiger charge is -2.37. The molecule has 0 bridgehead atoms. The molecule has 24 heavy (non-hydrogen) atoms. The summed E-state index contributed by atoms with van der Waals surface area (Å²) in [5.74, 6) is 0.130. The molecule has 0 aromatic rings. The molecular weight excluding hydrogens is 310 g/mol. The minimum absolute atomic E-state index is 0.0660. The zero-order chi connectivity index (χ0) is 17.1. The summed E-state index contributed by atoms with van der Waals surface area (Å²) in [6.07, 6.45) is 2.86. The number of likely N-dealkylation sites (N-methyl/N-ethyl adjacent to an activating group) is 1. The Morgan fingerprint density at radius 2 is 1.88 bits per heavy atom. The van der Waals surface area contributed by atoms with E-state index in [4.69, 9.17) is 0 Å². The monoisotopic (exact) mass is 337 g/mol. The van der Waals surface area contributed by atoms with Gasteiger partial charge in [0, 0.05) is 32.7 Å². The first-order valence-electron chi connectivity index (χ1n) is 8.86. The van der Waals surface area contributed by atoms with Crippen molar-refractivity contribution in [3.8, 4) is 0 Å². The van der Waals surface area contributed by atoms with Gasteiger partial charge in [0.2, 0.25) is 11.8 Å². The Labute approximate surface area is 142 Å². The molecule has 4 amide bonds. The van der Waals surface area contributed by atoms with Crippen LogP contribution in [0.4, 0.5) is 4.79 Å². The second kappa shape index (κ2) is 7.48. The van der Waals surface area contributed by atoms with Gasteiger partial charge in [-0.05, 0) is 39.4 Å². The fourth-order valence-electron chi connectivity index (χ4n) is 3.76. The maximum atomic E-state index is 12.6. The molecular formula is C16H27N5O3. The molecule has 1 atom stereocenters. The lowest BCUT2D eigenvalue weighted by Crippen LogP contribution is -2.53. The third-order valence-electron chi connectivity index (χ3n) is 5.28. The second-order valence-electron chi connectivity index (χ2n) is 6.86. The molecule has 3 heterocycles. The van der Waals surface area contributed by atoms with Gasteiger partial charge in [0.25, 0.3) is 0 Å². The van der Waals surface area contributed by atoms with Gasteiger partial charge in [-0.1, -0.05) is 0 Å². The first kappa shape index (κ1) is 17.2. The highest BCUT2D eigenvalue weighted by atomic mass is 16.2. The Balaban J connectivity index is 1.37. The number of rotatable bonds is 5. The summed E-state index contributed by atoms with van der Waals surface area (Å²) in [6.45, 7) is 5.72. The Morgan fingerprint density at radius 3 is 2.46 bits per heavy atom. The Morgan fingerprint density at radius 1 is 1.12 bits per heavy atom. The van der Waals surface area contributed by atoms with Gasteiger partial charge in [0.05, 0.1) is 12.6 Å². The van der Waals surface area contributed by atoms with Crippen molar-refractivity contribution in [3.63, 3.8) is 0 Å². The second-order valence-corrected chi connectivity index (χ2v) is 6.86. The summed E-state index contributed by atoms with van der Waals surface area (Å²) in [5.41, 5.74) is 0. The van der Waals surface area contributed by atoms with Crippen LogP contribution in [0.3, 0.4) is 0 Å². The minimum atomic E-state index is -0.281. The molecule has 1 unspecified atom stereocenters. The molecule has 8 heteroatoms. The first-order chi connectivity index (χ1) is 11.6. The Hall–Kier alpha value is -1.67. The number of imide groups is 1. The van der Waals surface area contributed by atoms with Gasteiger partial charge < -0.3 is 10.2 Å². The normalized spacial score (nSPS) is 26.3. The van der Waals surface area contributed by atoms with Gasteiger partial charge in [0.15, 0.2) is 0 Å². The van der Waals surface area contributed by atoms with Crippen LogP contribution in [0, 0.1) is 0 Å². The standard InChI is InChI=1S/C16H27N5O3/c1-18-5-2-4-13(18)15(23)20-10-8-19(9-11-20)6-3-7-21-14(22)12-17-16(21)24/h13H,2-12H2,1H3,(H,17,24). The van der Waals surface area contributed by atoms with E-state index in [2.05, 4.69) is 15.1 Å². The van der Waals surface area contributed by atoms with Crippen molar-refractivity contribution >= 4 is 17.8 Å². The molecule has 134 valence electrons. The number of hydrogen-bond acceptors (Lipinski definition) is 5. The fraction of sp³-hybridized carbons (Fsp3) is 0.812. The Kier molecular flexibility index (Phi) is 5.35. The molecule has 0 spiro atoms. The zero-order valence-corrected chi connectivity index (χ0v) is 14.4. The summed E-state index contributed by atoms with van der Waals surface area (Å²) in [6, 6.07) is -0.215. The van der Waals surface area contributed by atoms with Crippen LogP contribution in [0.5, 0.6) is 0 Å². The summed E-state index contributed by atoms with van der Waals surface area (Å²) >= 11 is 0. The molecule has 0 saturated carbocycles. The van der Waals surface area contributed by atoms with Gasteiger partial charge >= 0.3 is 6.03 Å². The van der Waals surface area contributed by atoms with Crippen molar-refractivity contribution in [1.82, 2.24) is 24.9 Å². The lowest BCUT2D eigenvalue weighted by atomic mass is 10.1. The number of amides is 4. The number of carbonyl (C=O) groups excluding carboxylic acids is 3. The molecule has 3 saturated heterocycles. The summed E-state index contributed by atoms with van der Waals surface area (Å²) < 4.78 is 0. The van der Waals surface area contributed by atoms with E-state index in [9.17, 15) is 14.4 Å². The number of piperazine rings is 1. The molecule has 3 rings (SSSR count). The largest absolute Gasteiger partial charge is 0.339 e. The topological polar surface area (TPSA) is 76.2 Å². The van der Waals surface area contributed by atoms with Crippen molar-refractivity contribution in [2.45, 2.75) is 25.3 Å². The number of urea groups is 1. The van der Waals surface area contributed by atoms with E-state index in [1.165, 1.54) is 4.90 Å². The maximum Gasteiger partial charge on any atom is 0.324 e. The molecule has 3 aliphatic heterocycles. The van der Waals surface area contributed by atoms with E-state index in [1.54, 1.807) is 0 Å². The Bertz CT molecular complexity index is 488. The highest BCUT2D eigenvalue weighted by Crippen LogP contribution is 2.18. The van der Waals surface area contributed by atoms with Crippen LogP contribution in [0.15, 0.2) is 0 Å². The van der Waals surface area contributed by atoms with E-state index >= 15 is 0 Å². The van der Waals surface area contributed by atoms with Crippen molar-refractivity contribution in [2.24, 2.45) is 0 Å². The first-order valence-corrected chi connectivity index (χ1v) is 8.86. The van der Waals surface area contributed by atoms with Gasteiger partial charge in [-0.2, -0.15) is 0 Å². The highest BCUT2D eigenvalue weighted by molar-refractivity contribution is 6.01. The summed E-state index contributed by atoms with van der Waals surface area (Å²) in [7, 11) is 2.03. The molecule has 0 aliphatic carbocycles. The quantitative estimate of drug-likeness (QED) is 0.663. The third-order valence-corrected chi connectivity index (χ3v) is 5.28. The van der Waals surface area contributed by atoms with Crippen LogP contribution in [-0.4, -0.2) is 103 Å². The number of carbonyl (C=O) groups is 3. The zero-order valence-electron chi connectivity index (χ0n) is 14.4. The molecule has 0 radical (unpaired) electrons. The third kappa shape index (κ3) is 3.70. The maximum absolute atomic E-state index is 12.6. The predicted octanol–water partition coefficient (Wildman–Crippen LogP) is -0.833. The molecule has 0 aromatic carbocycles. The smallest absolute Gasteiger partial charge is 0.324 e. The highest BCUT2D eigenvalue weighted by Gasteiger charge is 2.33. The molecule has 1 N–H and O–H groups in total. The van der Waals surface area contributed by atoms with E-state index in [1.807, 2.05) is 11.9 Å². The number of likely N-dealkylation sites (tertiary alicyclic amines) is 1. The molecule has 3 aliphatic rings. The molecule has 0 aromatic heterocycles. The summed E-state index contributed by atoms with van der Waals surface area (Å²) in [5, 5.41) is 2.53. The molecule has 3 fully saturated rings. The SMILES string of the molecule is CN1CCCC1C(=O)N1CCN(CCCN2C(=O)CNC2=O)CC1. The van der Waals surface area contributed by atoms with Crippen LogP contribution in [0.25, 0.3) is 0 Å². The van der Waals surface area contributed by atoms with Gasteiger partial charge in [-0.15, -0.1) is 0 Å². The van der Waals surface area contributed by atoms with Gasteiger partial charge in [-0.25, -0.2) is 4.79 Å². The van der Waals surface area contributed by atoms with Crippen LogP contribution >= 0.6 is 0 Å². The predicted molar refractivity (Wildman–Crippen MR) is 88.4 cm³/mol. The van der Waals surface area contributed by atoms with Crippen LogP contribution in [-0.2, 0) is 9.59 Å². The van der Waals surface area contributed by atoms with Crippen molar-refractivity contribution in [1.29, 1.82) is 0 Å². The molecule has 8 nitrogen and oxygen atoms in total. The fourth-order valence-corrected chi connectivity index (χ4v) is 3.76. The number of nitrogens with zero attached hydrogens (tertiary/aromatic N) is 4.